The highest BCUT2D eigenvalue weighted by Crippen LogP contribution is 2.17. The molecule has 0 bridgehead atoms. The summed E-state index contributed by atoms with van der Waals surface area (Å²) in [5, 5.41) is 0.596. The quantitative estimate of drug-likeness (QED) is 0.814. The first-order valence-corrected chi connectivity index (χ1v) is 7.42. The molecule has 2 aromatic rings. The van der Waals surface area contributed by atoms with Crippen molar-refractivity contribution in [3.05, 3.63) is 64.7 Å². The van der Waals surface area contributed by atoms with Crippen molar-refractivity contribution in [3.63, 3.8) is 0 Å². The van der Waals surface area contributed by atoms with Gasteiger partial charge in [0.05, 0.1) is 4.90 Å². The van der Waals surface area contributed by atoms with E-state index in [2.05, 4.69) is 4.40 Å². The van der Waals surface area contributed by atoms with Crippen LogP contribution in [0.5, 0.6) is 0 Å². The molecule has 0 spiro atoms. The normalized spacial score (nSPS) is 11.9. The highest BCUT2D eigenvalue weighted by molar-refractivity contribution is 7.90. The first-order valence-electron chi connectivity index (χ1n) is 5.60. The molecule has 0 radical (unpaired) electrons. The van der Waals surface area contributed by atoms with Crippen molar-refractivity contribution >= 4 is 27.8 Å². The van der Waals surface area contributed by atoms with Gasteiger partial charge in [0.1, 0.15) is 0 Å². The molecule has 2 rings (SSSR count). The number of hydrogen-bond donors (Lipinski definition) is 0. The Kier molecular flexibility index (Phi) is 4.02. The fraction of sp³-hybridized carbons (Fsp3) is 0.0714. The summed E-state index contributed by atoms with van der Waals surface area (Å²) in [6.07, 6.45) is 1.32. The van der Waals surface area contributed by atoms with Crippen molar-refractivity contribution in [2.24, 2.45) is 4.40 Å². The van der Waals surface area contributed by atoms with Gasteiger partial charge in [-0.2, -0.15) is 12.8 Å². The van der Waals surface area contributed by atoms with Gasteiger partial charge < -0.3 is 0 Å². The predicted molar refractivity (Wildman–Crippen MR) is 77.4 cm³/mol. The molecule has 0 aliphatic carbocycles. The summed E-state index contributed by atoms with van der Waals surface area (Å²) < 4.78 is 27.8. The summed E-state index contributed by atoms with van der Waals surface area (Å²) >= 11 is 5.76. The van der Waals surface area contributed by atoms with Crippen LogP contribution in [0.25, 0.3) is 0 Å². The number of benzene rings is 2. The van der Waals surface area contributed by atoms with Gasteiger partial charge in [-0.15, -0.1) is 0 Å². The van der Waals surface area contributed by atoms with Crippen LogP contribution >= 0.6 is 11.6 Å². The third-order valence-corrected chi connectivity index (χ3v) is 4.23. The lowest BCUT2D eigenvalue weighted by molar-refractivity contribution is 0.597. The van der Waals surface area contributed by atoms with Crippen molar-refractivity contribution < 1.29 is 8.42 Å². The second-order valence-corrected chi connectivity index (χ2v) is 6.06. The van der Waals surface area contributed by atoms with Crippen molar-refractivity contribution in [2.45, 2.75) is 11.8 Å². The molecule has 0 amide bonds. The molecule has 98 valence electrons. The third kappa shape index (κ3) is 3.43. The topological polar surface area (TPSA) is 46.5 Å². The molecular formula is C14H12ClNO2S. The van der Waals surface area contributed by atoms with Crippen LogP contribution in [0.15, 0.2) is 57.8 Å². The Labute approximate surface area is 117 Å². The molecule has 5 heteroatoms. The SMILES string of the molecule is Cc1ccccc1S(=O)(=O)N=Cc1ccc(Cl)cc1. The van der Waals surface area contributed by atoms with Crippen LogP contribution in [-0.4, -0.2) is 14.6 Å². The molecule has 2 aromatic carbocycles. The van der Waals surface area contributed by atoms with Gasteiger partial charge in [0.25, 0.3) is 10.0 Å². The number of halogens is 1. The van der Waals surface area contributed by atoms with E-state index in [0.29, 0.717) is 16.1 Å². The predicted octanol–water partition coefficient (Wildman–Crippen LogP) is 3.46. The van der Waals surface area contributed by atoms with Gasteiger partial charge >= 0.3 is 0 Å². The summed E-state index contributed by atoms with van der Waals surface area (Å²) in [5.74, 6) is 0. The summed E-state index contributed by atoms with van der Waals surface area (Å²) in [6.45, 7) is 1.74. The van der Waals surface area contributed by atoms with Crippen LogP contribution in [-0.2, 0) is 10.0 Å². The zero-order valence-corrected chi connectivity index (χ0v) is 11.8. The van der Waals surface area contributed by atoms with Crippen molar-refractivity contribution in [3.8, 4) is 0 Å². The van der Waals surface area contributed by atoms with Crippen LogP contribution in [0.3, 0.4) is 0 Å². The van der Waals surface area contributed by atoms with E-state index in [1.54, 1.807) is 55.5 Å². The van der Waals surface area contributed by atoms with Gasteiger partial charge in [0.2, 0.25) is 0 Å². The maximum absolute atomic E-state index is 12.1. The van der Waals surface area contributed by atoms with E-state index < -0.39 is 10.0 Å². The summed E-state index contributed by atoms with van der Waals surface area (Å²) in [6, 6.07) is 13.5. The lowest BCUT2D eigenvalue weighted by Crippen LogP contribution is -2.00. The Morgan fingerprint density at radius 1 is 1.05 bits per heavy atom. The van der Waals surface area contributed by atoms with Crippen LogP contribution in [0.2, 0.25) is 5.02 Å². The Morgan fingerprint density at radius 3 is 2.32 bits per heavy atom. The Bertz CT molecular complexity index is 706. The van der Waals surface area contributed by atoms with Crippen LogP contribution < -0.4 is 0 Å². The molecule has 0 fully saturated rings. The van der Waals surface area contributed by atoms with E-state index in [1.807, 2.05) is 0 Å². The second kappa shape index (κ2) is 5.55. The molecule has 0 unspecified atom stereocenters. The van der Waals surface area contributed by atoms with E-state index in [-0.39, 0.29) is 4.90 Å². The maximum Gasteiger partial charge on any atom is 0.282 e. The van der Waals surface area contributed by atoms with E-state index in [9.17, 15) is 8.42 Å². The fourth-order valence-corrected chi connectivity index (χ4v) is 2.81. The summed E-state index contributed by atoms with van der Waals surface area (Å²) in [7, 11) is -3.66. The summed E-state index contributed by atoms with van der Waals surface area (Å²) in [5.41, 5.74) is 1.36. The van der Waals surface area contributed by atoms with Gasteiger partial charge in [0, 0.05) is 11.2 Å². The lowest BCUT2D eigenvalue weighted by atomic mass is 10.2. The Hall–Kier alpha value is -1.65. The first-order chi connectivity index (χ1) is 8.99. The molecule has 3 nitrogen and oxygen atoms in total. The van der Waals surface area contributed by atoms with Gasteiger partial charge in [-0.05, 0) is 36.2 Å². The van der Waals surface area contributed by atoms with E-state index in [1.165, 1.54) is 6.21 Å². The molecule has 19 heavy (non-hydrogen) atoms. The van der Waals surface area contributed by atoms with Crippen molar-refractivity contribution in [1.29, 1.82) is 0 Å². The third-order valence-electron chi connectivity index (χ3n) is 2.58. The number of hydrogen-bond acceptors (Lipinski definition) is 2. The highest BCUT2D eigenvalue weighted by Gasteiger charge is 2.13. The molecule has 0 heterocycles. The molecule has 0 saturated carbocycles. The van der Waals surface area contributed by atoms with Gasteiger partial charge in [0.15, 0.2) is 0 Å². The number of rotatable bonds is 3. The Balaban J connectivity index is 2.32. The highest BCUT2D eigenvalue weighted by atomic mass is 35.5. The van der Waals surface area contributed by atoms with Crippen molar-refractivity contribution in [2.75, 3.05) is 0 Å². The Morgan fingerprint density at radius 2 is 1.68 bits per heavy atom. The number of sulfonamides is 1. The molecule has 0 N–H and O–H groups in total. The minimum absolute atomic E-state index is 0.222. The van der Waals surface area contributed by atoms with Crippen LogP contribution in [0.1, 0.15) is 11.1 Å². The minimum atomic E-state index is -3.66. The van der Waals surface area contributed by atoms with Gasteiger partial charge in [-0.1, -0.05) is 41.9 Å². The molecule has 0 aromatic heterocycles. The molecule has 0 aliphatic heterocycles. The zero-order valence-electron chi connectivity index (χ0n) is 10.2. The molecule has 0 aliphatic rings. The monoisotopic (exact) mass is 293 g/mol. The maximum atomic E-state index is 12.1. The van der Waals surface area contributed by atoms with Crippen LogP contribution in [0, 0.1) is 6.92 Å². The van der Waals surface area contributed by atoms with E-state index >= 15 is 0 Å². The largest absolute Gasteiger partial charge is 0.282 e. The second-order valence-electron chi connectivity index (χ2n) is 4.03. The first kappa shape index (κ1) is 13.8. The number of aryl methyl sites for hydroxylation is 1. The van der Waals surface area contributed by atoms with Gasteiger partial charge in [-0.3, -0.25) is 0 Å². The lowest BCUT2D eigenvalue weighted by Gasteiger charge is -2.02. The van der Waals surface area contributed by atoms with Crippen molar-refractivity contribution in [1.82, 2.24) is 0 Å². The summed E-state index contributed by atoms with van der Waals surface area (Å²) in [4.78, 5) is 0.222. The zero-order chi connectivity index (χ0) is 13.9. The minimum Gasteiger partial charge on any atom is -0.199 e. The molecular weight excluding hydrogens is 282 g/mol. The smallest absolute Gasteiger partial charge is 0.199 e. The van der Waals surface area contributed by atoms with Gasteiger partial charge in [-0.25, -0.2) is 0 Å². The van der Waals surface area contributed by atoms with E-state index in [4.69, 9.17) is 11.6 Å². The standard InChI is InChI=1S/C14H12ClNO2S/c1-11-4-2-3-5-14(11)19(17,18)16-10-12-6-8-13(15)9-7-12/h2-10H,1H3. The molecule has 0 saturated heterocycles. The fourth-order valence-electron chi connectivity index (χ4n) is 1.58. The average molecular weight is 294 g/mol. The van der Waals surface area contributed by atoms with E-state index in [0.717, 1.165) is 0 Å². The average Bonchev–Trinajstić information content (AvgIpc) is 2.38. The number of nitrogens with zero attached hydrogens (tertiary/aromatic N) is 1. The molecule has 0 atom stereocenters. The van der Waals surface area contributed by atoms with Crippen LogP contribution in [0.4, 0.5) is 0 Å².